The number of aliphatic carboxylic acids is 1. The number of alkyl halides is 4. The lowest BCUT2D eigenvalue weighted by Gasteiger charge is -2.27. The molecule has 1 atom stereocenters. The molecular formula is C20H19ClF4N4O4. The normalized spacial score (nSPS) is 20.6. The molecule has 0 aromatic carbocycles. The number of nitrogens with two attached hydrogens (primary N) is 1. The molecule has 2 aromatic heterocycles. The summed E-state index contributed by atoms with van der Waals surface area (Å²) in [6, 6.07) is 4.00. The third-order valence-electron chi connectivity index (χ3n) is 4.11. The zero-order chi connectivity index (χ0) is 29.1. The van der Waals surface area contributed by atoms with Crippen molar-refractivity contribution in [2.75, 3.05) is 19.9 Å². The molecule has 13 heteroatoms. The van der Waals surface area contributed by atoms with Crippen LogP contribution in [0.1, 0.15) is 34.3 Å². The Morgan fingerprint density at radius 2 is 2.15 bits per heavy atom. The van der Waals surface area contributed by atoms with Gasteiger partial charge in [0, 0.05) is 16.0 Å². The van der Waals surface area contributed by atoms with Gasteiger partial charge in [-0.1, -0.05) is 17.7 Å². The van der Waals surface area contributed by atoms with Gasteiger partial charge in [-0.05, 0) is 30.6 Å². The van der Waals surface area contributed by atoms with Crippen molar-refractivity contribution in [2.45, 2.75) is 25.0 Å². The molecule has 0 bridgehead atoms. The smallest absolute Gasteiger partial charge is 0.430 e. The van der Waals surface area contributed by atoms with Crippen molar-refractivity contribution in [3.63, 3.8) is 0 Å². The van der Waals surface area contributed by atoms with Gasteiger partial charge in [-0.15, -0.1) is 0 Å². The fourth-order valence-electron chi connectivity index (χ4n) is 2.65. The molecule has 1 aliphatic rings. The highest BCUT2D eigenvalue weighted by molar-refractivity contribution is 6.30. The van der Waals surface area contributed by atoms with Gasteiger partial charge in [-0.25, -0.2) is 4.39 Å². The Morgan fingerprint density at radius 3 is 2.73 bits per heavy atom. The van der Waals surface area contributed by atoms with E-state index in [9.17, 15) is 22.4 Å². The second-order valence-electron chi connectivity index (χ2n) is 6.64. The van der Waals surface area contributed by atoms with E-state index < -0.39 is 65.5 Å². The van der Waals surface area contributed by atoms with Crippen LogP contribution in [0.2, 0.25) is 5.02 Å². The summed E-state index contributed by atoms with van der Waals surface area (Å²) in [4.78, 5) is 32.6. The van der Waals surface area contributed by atoms with Crippen LogP contribution in [-0.4, -0.2) is 53.6 Å². The third-order valence-corrected chi connectivity index (χ3v) is 4.28. The highest BCUT2D eigenvalue weighted by atomic mass is 35.5. The number of ether oxygens (including phenoxy) is 1. The topological polar surface area (TPSA) is 132 Å². The van der Waals surface area contributed by atoms with E-state index in [1.807, 2.05) is 0 Å². The average molecular weight is 496 g/mol. The van der Waals surface area contributed by atoms with Crippen LogP contribution >= 0.6 is 11.6 Å². The standard InChI is InChI=1S/C18H18ClFN4O2.C2HF3O2/c1-11-5-12(19)7-22-17(11)14(25)6-13-3-2-4-15(23-13)18(9-20)10-26-8-16(21)24-18;3-2(4,5)1(6)7/h2-5,7H,6,8-10H2,1H3,(H2,21,24);(H,6,7)/i1D3,5D,7D;. The highest BCUT2D eigenvalue weighted by Gasteiger charge is 2.40. The molecule has 8 nitrogen and oxygen atoms in total. The maximum atomic E-state index is 13.9. The van der Waals surface area contributed by atoms with Gasteiger partial charge in [-0.2, -0.15) is 13.2 Å². The molecule has 0 aliphatic carbocycles. The Kier molecular flexibility index (Phi) is 6.26. The van der Waals surface area contributed by atoms with E-state index in [0.717, 1.165) is 0 Å². The quantitative estimate of drug-likeness (QED) is 0.433. The Balaban J connectivity index is 0.000000638. The van der Waals surface area contributed by atoms with Crippen LogP contribution in [0, 0.1) is 6.85 Å². The van der Waals surface area contributed by atoms with Gasteiger partial charge < -0.3 is 14.6 Å². The first-order valence-electron chi connectivity index (χ1n) is 11.4. The molecule has 1 aliphatic heterocycles. The fraction of sp³-hybridized carbons (Fsp3) is 0.350. The van der Waals surface area contributed by atoms with Gasteiger partial charge in [0.15, 0.2) is 11.3 Å². The Bertz CT molecular complexity index is 1260. The van der Waals surface area contributed by atoms with Crippen LogP contribution in [0.4, 0.5) is 17.6 Å². The van der Waals surface area contributed by atoms with Crippen molar-refractivity contribution >= 4 is 29.2 Å². The molecule has 2 aromatic rings. The number of nitrogens with zero attached hydrogens (tertiary/aromatic N) is 2. The van der Waals surface area contributed by atoms with Crippen molar-refractivity contribution in [1.82, 2.24) is 9.97 Å². The SMILES string of the molecule is O=C([O-])C(F)(F)F.[2H]c1nc(C(=O)Cc2cccc(C3(CF)COCC(N)=[NH+]3)n2)c(C([2H])([2H])[2H])c([2H])c1Cl. The highest BCUT2D eigenvalue weighted by Crippen LogP contribution is 2.19. The number of aromatic nitrogens is 2. The van der Waals surface area contributed by atoms with Crippen LogP contribution in [-0.2, 0) is 21.5 Å². The van der Waals surface area contributed by atoms with Crippen molar-refractivity contribution in [3.8, 4) is 0 Å². The van der Waals surface area contributed by atoms with Gasteiger partial charge in [0.05, 0.1) is 26.5 Å². The van der Waals surface area contributed by atoms with Crippen LogP contribution in [0.5, 0.6) is 0 Å². The summed E-state index contributed by atoms with van der Waals surface area (Å²) in [6.45, 7) is -3.60. The number of amidine groups is 1. The van der Waals surface area contributed by atoms with Crippen molar-refractivity contribution < 1.29 is 48.8 Å². The summed E-state index contributed by atoms with van der Waals surface area (Å²) in [6.07, 6.45) is -6.15. The van der Waals surface area contributed by atoms with Crippen molar-refractivity contribution in [3.05, 3.63) is 58.1 Å². The lowest BCUT2D eigenvalue weighted by Crippen LogP contribution is -2.92. The number of carbonyl (C=O) groups excluding carboxylic acids is 2. The number of carboxylic acid groups (broad SMARTS) is 1. The van der Waals surface area contributed by atoms with E-state index in [2.05, 4.69) is 15.0 Å². The van der Waals surface area contributed by atoms with Crippen molar-refractivity contribution in [2.24, 2.45) is 5.73 Å². The molecule has 0 saturated carbocycles. The summed E-state index contributed by atoms with van der Waals surface area (Å²) < 4.78 is 89.4. The zero-order valence-corrected chi connectivity index (χ0v) is 17.3. The molecule has 0 amide bonds. The van der Waals surface area contributed by atoms with E-state index in [1.54, 1.807) is 12.1 Å². The number of ketones is 1. The minimum absolute atomic E-state index is 0.0268. The van der Waals surface area contributed by atoms with Gasteiger partial charge in [-0.3, -0.25) is 25.5 Å². The minimum Gasteiger partial charge on any atom is -0.542 e. The van der Waals surface area contributed by atoms with Crippen LogP contribution in [0.15, 0.2) is 30.4 Å². The first-order valence-corrected chi connectivity index (χ1v) is 9.29. The number of halogens is 5. The Hall–Kier alpha value is -3.12. The van der Waals surface area contributed by atoms with Gasteiger partial charge >= 0.3 is 6.18 Å². The molecule has 0 spiro atoms. The predicted octanol–water partition coefficient (Wildman–Crippen LogP) is -0.205. The van der Waals surface area contributed by atoms with E-state index in [1.165, 1.54) is 6.07 Å². The molecule has 0 saturated heterocycles. The van der Waals surface area contributed by atoms with E-state index >= 15 is 0 Å². The lowest BCUT2D eigenvalue weighted by atomic mass is 9.96. The van der Waals surface area contributed by atoms with E-state index in [4.69, 9.17) is 38.8 Å². The second kappa shape index (κ2) is 10.7. The first kappa shape index (κ1) is 19.4. The molecule has 3 N–H and O–H groups in total. The largest absolute Gasteiger partial charge is 0.542 e. The molecule has 33 heavy (non-hydrogen) atoms. The van der Waals surface area contributed by atoms with Crippen LogP contribution in [0.25, 0.3) is 0 Å². The number of carboxylic acids is 1. The fourth-order valence-corrected chi connectivity index (χ4v) is 2.78. The molecule has 3 rings (SSSR count). The number of hydrogen-bond acceptors (Lipinski definition) is 7. The van der Waals surface area contributed by atoms with E-state index in [-0.39, 0.29) is 36.9 Å². The molecule has 1 unspecified atom stereocenters. The lowest BCUT2D eigenvalue weighted by molar-refractivity contribution is -0.582. The van der Waals surface area contributed by atoms with E-state index in [0.29, 0.717) is 0 Å². The Labute approximate surface area is 197 Å². The van der Waals surface area contributed by atoms with Gasteiger partial charge in [0.25, 0.3) is 5.84 Å². The number of Topliss-reactive ketones (excluding diaryl/α,β-unsaturated/α-hetero) is 1. The van der Waals surface area contributed by atoms with Crippen LogP contribution in [0.3, 0.4) is 0 Å². The van der Waals surface area contributed by atoms with Gasteiger partial charge in [0.2, 0.25) is 0 Å². The second-order valence-corrected chi connectivity index (χ2v) is 7.02. The molecule has 0 fully saturated rings. The predicted molar refractivity (Wildman–Crippen MR) is 106 cm³/mol. The summed E-state index contributed by atoms with van der Waals surface area (Å²) in [5, 5.41) is 8.33. The average Bonchev–Trinajstić information content (AvgIpc) is 2.81. The maximum absolute atomic E-state index is 13.9. The number of hydrogen-bond donors (Lipinski definition) is 2. The maximum Gasteiger partial charge on any atom is 0.430 e. The Morgan fingerprint density at radius 1 is 1.45 bits per heavy atom. The first-order chi connectivity index (χ1) is 17.4. The number of carbonyl (C=O) groups is 2. The molecule has 3 heterocycles. The molecule has 178 valence electrons. The number of pyridine rings is 2. The molecular weight excluding hydrogens is 472 g/mol. The van der Waals surface area contributed by atoms with Crippen LogP contribution < -0.4 is 15.8 Å². The summed E-state index contributed by atoms with van der Waals surface area (Å²) in [5.41, 5.74) is 3.73. The summed E-state index contributed by atoms with van der Waals surface area (Å²) in [5.74, 6) is -3.53. The third kappa shape index (κ3) is 6.93. The number of nitrogens with one attached hydrogen (secondary N) is 1. The minimum atomic E-state index is -5.19. The zero-order valence-electron chi connectivity index (χ0n) is 21.6. The van der Waals surface area contributed by atoms with Crippen molar-refractivity contribution in [1.29, 1.82) is 0 Å². The summed E-state index contributed by atoms with van der Waals surface area (Å²) in [7, 11) is 0. The monoisotopic (exact) mass is 495 g/mol. The summed E-state index contributed by atoms with van der Waals surface area (Å²) >= 11 is 5.80. The number of rotatable bonds is 5. The molecule has 0 radical (unpaired) electrons. The van der Waals surface area contributed by atoms with Gasteiger partial charge in [0.1, 0.15) is 24.9 Å².